The third-order valence-electron chi connectivity index (χ3n) is 5.08. The first-order chi connectivity index (χ1) is 12.3. The van der Waals surface area contributed by atoms with Crippen molar-refractivity contribution in [2.75, 3.05) is 51.2 Å². The molecule has 0 amide bonds. The van der Waals surface area contributed by atoms with Crippen LogP contribution in [0.25, 0.3) is 0 Å². The maximum absolute atomic E-state index is 13.1. The highest BCUT2D eigenvalue weighted by atomic mass is 19.1. The first kappa shape index (κ1) is 17.9. The van der Waals surface area contributed by atoms with Gasteiger partial charge < -0.3 is 10.2 Å². The van der Waals surface area contributed by atoms with E-state index in [1.807, 2.05) is 19.2 Å². The van der Waals surface area contributed by atoms with Gasteiger partial charge in [0.1, 0.15) is 5.82 Å². The Kier molecular flexibility index (Phi) is 6.42. The molecule has 0 spiro atoms. The molecule has 2 aromatic carbocycles. The second-order valence-electron chi connectivity index (χ2n) is 6.76. The number of rotatable bonds is 7. The van der Waals surface area contributed by atoms with E-state index < -0.39 is 0 Å². The highest BCUT2D eigenvalue weighted by Gasteiger charge is 2.19. The number of anilines is 1. The lowest BCUT2D eigenvalue weighted by molar-refractivity contribution is 0.247. The minimum atomic E-state index is -0.168. The first-order valence-corrected chi connectivity index (χ1v) is 9.18. The first-order valence-electron chi connectivity index (χ1n) is 9.18. The standard InChI is InChI=1S/C21H28FN3/c1-23-17-19(18-5-3-2-4-6-18)11-12-24-13-15-25(16-14-24)21-9-7-20(22)8-10-21/h2-10,19,23H,11-17H2,1H3. The van der Waals surface area contributed by atoms with Crippen molar-refractivity contribution in [3.05, 3.63) is 66.0 Å². The molecule has 0 bridgehead atoms. The van der Waals surface area contributed by atoms with Crippen molar-refractivity contribution in [3.8, 4) is 0 Å². The van der Waals surface area contributed by atoms with E-state index in [2.05, 4.69) is 45.4 Å². The predicted molar refractivity (Wildman–Crippen MR) is 103 cm³/mol. The minimum absolute atomic E-state index is 0.168. The summed E-state index contributed by atoms with van der Waals surface area (Å²) in [6, 6.07) is 17.6. The fourth-order valence-electron chi connectivity index (χ4n) is 3.58. The SMILES string of the molecule is CNCC(CCN1CCN(c2ccc(F)cc2)CC1)c1ccccc1. The van der Waals surface area contributed by atoms with Gasteiger partial charge in [-0.2, -0.15) is 0 Å². The Morgan fingerprint density at radius 1 is 0.960 bits per heavy atom. The fourth-order valence-corrected chi connectivity index (χ4v) is 3.58. The molecule has 0 aliphatic carbocycles. The number of nitrogens with zero attached hydrogens (tertiary/aromatic N) is 2. The van der Waals surface area contributed by atoms with Gasteiger partial charge in [-0.25, -0.2) is 4.39 Å². The predicted octanol–water partition coefficient (Wildman–Crippen LogP) is 3.34. The van der Waals surface area contributed by atoms with Crippen molar-refractivity contribution in [3.63, 3.8) is 0 Å². The third-order valence-corrected chi connectivity index (χ3v) is 5.08. The zero-order chi connectivity index (χ0) is 17.5. The Morgan fingerprint density at radius 3 is 2.28 bits per heavy atom. The lowest BCUT2D eigenvalue weighted by atomic mass is 9.95. The highest BCUT2D eigenvalue weighted by molar-refractivity contribution is 5.46. The number of piperazine rings is 1. The van der Waals surface area contributed by atoms with E-state index in [4.69, 9.17) is 0 Å². The van der Waals surface area contributed by atoms with Crippen molar-refractivity contribution in [1.82, 2.24) is 10.2 Å². The van der Waals surface area contributed by atoms with Crippen LogP contribution in [-0.2, 0) is 0 Å². The second-order valence-corrected chi connectivity index (χ2v) is 6.76. The molecule has 25 heavy (non-hydrogen) atoms. The minimum Gasteiger partial charge on any atom is -0.369 e. The molecule has 3 nitrogen and oxygen atoms in total. The van der Waals surface area contributed by atoms with Gasteiger partial charge in [0, 0.05) is 38.4 Å². The van der Waals surface area contributed by atoms with Crippen molar-refractivity contribution >= 4 is 5.69 Å². The Labute approximate surface area is 150 Å². The van der Waals surface area contributed by atoms with Gasteiger partial charge >= 0.3 is 0 Å². The fraction of sp³-hybridized carbons (Fsp3) is 0.429. The molecule has 1 N–H and O–H groups in total. The summed E-state index contributed by atoms with van der Waals surface area (Å²) < 4.78 is 13.1. The summed E-state index contributed by atoms with van der Waals surface area (Å²) in [6.07, 6.45) is 1.17. The van der Waals surface area contributed by atoms with E-state index in [1.165, 1.54) is 12.0 Å². The van der Waals surface area contributed by atoms with Gasteiger partial charge in [-0.05, 0) is 55.8 Å². The van der Waals surface area contributed by atoms with Crippen LogP contribution in [0, 0.1) is 5.82 Å². The van der Waals surface area contributed by atoms with E-state index in [-0.39, 0.29) is 5.82 Å². The van der Waals surface area contributed by atoms with Gasteiger partial charge in [0.2, 0.25) is 0 Å². The third kappa shape index (κ3) is 5.03. The van der Waals surface area contributed by atoms with Crippen LogP contribution in [0.1, 0.15) is 17.9 Å². The molecule has 1 fully saturated rings. The Balaban J connectivity index is 1.49. The van der Waals surface area contributed by atoms with E-state index in [0.717, 1.165) is 45.0 Å². The molecule has 134 valence electrons. The van der Waals surface area contributed by atoms with Gasteiger partial charge in [0.15, 0.2) is 0 Å². The monoisotopic (exact) mass is 341 g/mol. The van der Waals surface area contributed by atoms with Gasteiger partial charge in [-0.15, -0.1) is 0 Å². The molecule has 0 aromatic heterocycles. The topological polar surface area (TPSA) is 18.5 Å². The lowest BCUT2D eigenvalue weighted by Crippen LogP contribution is -2.47. The van der Waals surface area contributed by atoms with Crippen LogP contribution in [0.2, 0.25) is 0 Å². The van der Waals surface area contributed by atoms with Crippen LogP contribution >= 0.6 is 0 Å². The van der Waals surface area contributed by atoms with E-state index in [9.17, 15) is 4.39 Å². The summed E-state index contributed by atoms with van der Waals surface area (Å²) >= 11 is 0. The molecule has 1 aliphatic heterocycles. The van der Waals surface area contributed by atoms with Crippen LogP contribution in [0.5, 0.6) is 0 Å². The van der Waals surface area contributed by atoms with E-state index in [0.29, 0.717) is 5.92 Å². The highest BCUT2D eigenvalue weighted by Crippen LogP contribution is 2.21. The summed E-state index contributed by atoms with van der Waals surface area (Å²) in [7, 11) is 2.03. The van der Waals surface area contributed by atoms with Crippen LogP contribution < -0.4 is 10.2 Å². The summed E-state index contributed by atoms with van der Waals surface area (Å²) in [4.78, 5) is 4.89. The average molecular weight is 341 g/mol. The zero-order valence-electron chi connectivity index (χ0n) is 15.0. The van der Waals surface area contributed by atoms with Crippen molar-refractivity contribution < 1.29 is 4.39 Å². The van der Waals surface area contributed by atoms with Crippen LogP contribution in [0.15, 0.2) is 54.6 Å². The molecule has 1 atom stereocenters. The number of benzene rings is 2. The maximum Gasteiger partial charge on any atom is 0.123 e. The van der Waals surface area contributed by atoms with Crippen LogP contribution in [0.4, 0.5) is 10.1 Å². The molecule has 2 aromatic rings. The molecule has 1 saturated heterocycles. The van der Waals surface area contributed by atoms with Crippen LogP contribution in [-0.4, -0.2) is 51.2 Å². The normalized spacial score (nSPS) is 16.8. The molecule has 1 aliphatic rings. The largest absolute Gasteiger partial charge is 0.369 e. The molecule has 3 rings (SSSR count). The number of hydrogen-bond acceptors (Lipinski definition) is 3. The number of nitrogens with one attached hydrogen (secondary N) is 1. The molecule has 4 heteroatoms. The average Bonchev–Trinajstić information content (AvgIpc) is 2.67. The molecule has 1 heterocycles. The summed E-state index contributed by atoms with van der Waals surface area (Å²) in [5.74, 6) is 0.389. The number of likely N-dealkylation sites (N-methyl/N-ethyl adjacent to an activating group) is 1. The van der Waals surface area contributed by atoms with Crippen molar-refractivity contribution in [1.29, 1.82) is 0 Å². The Hall–Kier alpha value is -1.91. The quantitative estimate of drug-likeness (QED) is 0.833. The van der Waals surface area contributed by atoms with Gasteiger partial charge in [0.05, 0.1) is 0 Å². The molecule has 0 radical (unpaired) electrons. The summed E-state index contributed by atoms with van der Waals surface area (Å²) in [6.45, 7) is 6.29. The summed E-state index contributed by atoms with van der Waals surface area (Å²) in [5.41, 5.74) is 2.54. The molecule has 1 unspecified atom stereocenters. The number of halogens is 1. The Morgan fingerprint density at radius 2 is 1.64 bits per heavy atom. The zero-order valence-corrected chi connectivity index (χ0v) is 15.0. The molecular weight excluding hydrogens is 313 g/mol. The van der Waals surface area contributed by atoms with E-state index >= 15 is 0 Å². The smallest absolute Gasteiger partial charge is 0.123 e. The van der Waals surface area contributed by atoms with Gasteiger partial charge in [0.25, 0.3) is 0 Å². The van der Waals surface area contributed by atoms with Crippen molar-refractivity contribution in [2.24, 2.45) is 0 Å². The van der Waals surface area contributed by atoms with Crippen molar-refractivity contribution in [2.45, 2.75) is 12.3 Å². The van der Waals surface area contributed by atoms with Crippen LogP contribution in [0.3, 0.4) is 0 Å². The summed E-state index contributed by atoms with van der Waals surface area (Å²) in [5, 5.41) is 3.33. The number of hydrogen-bond donors (Lipinski definition) is 1. The van der Waals surface area contributed by atoms with Gasteiger partial charge in [-0.3, -0.25) is 4.90 Å². The Bertz CT molecular complexity index is 621. The maximum atomic E-state index is 13.1. The lowest BCUT2D eigenvalue weighted by Gasteiger charge is -2.36. The second kappa shape index (κ2) is 8.97. The molecule has 0 saturated carbocycles. The van der Waals surface area contributed by atoms with E-state index in [1.54, 1.807) is 12.1 Å². The van der Waals surface area contributed by atoms with Gasteiger partial charge in [-0.1, -0.05) is 30.3 Å². The molecular formula is C21H28FN3.